The van der Waals surface area contributed by atoms with Gasteiger partial charge in [-0.05, 0) is 83.2 Å². The highest BCUT2D eigenvalue weighted by Crippen LogP contribution is 2.42. The van der Waals surface area contributed by atoms with Gasteiger partial charge in [0, 0.05) is 38.5 Å². The summed E-state index contributed by atoms with van der Waals surface area (Å²) in [5.41, 5.74) is 0. The van der Waals surface area contributed by atoms with Crippen molar-refractivity contribution in [3.8, 4) is 0 Å². The van der Waals surface area contributed by atoms with E-state index in [1.165, 1.54) is 138 Å². The second-order valence-electron chi connectivity index (χ2n) is 10.5. The van der Waals surface area contributed by atoms with Crippen molar-refractivity contribution in [3.63, 3.8) is 0 Å². The lowest BCUT2D eigenvalue weighted by Crippen LogP contribution is -2.60. The van der Waals surface area contributed by atoms with Crippen molar-refractivity contribution < 1.29 is 8.97 Å². The predicted octanol–water partition coefficient (Wildman–Crippen LogP) is 7.10. The van der Waals surface area contributed by atoms with E-state index in [0.29, 0.717) is 9.90 Å². The SMILES string of the molecule is BrC(CCC(Br)[N+]1(C2CCCCC2)CCCC1)[N+]1(C2CCCCC2)CCCC1. The molecule has 4 rings (SSSR count). The Morgan fingerprint density at radius 3 is 1.14 bits per heavy atom. The van der Waals surface area contributed by atoms with Crippen LogP contribution in [0.2, 0.25) is 0 Å². The zero-order valence-corrected chi connectivity index (χ0v) is 21.3. The van der Waals surface area contributed by atoms with Gasteiger partial charge in [-0.25, -0.2) is 0 Å². The minimum Gasteiger partial charge on any atom is -0.310 e. The minimum absolute atomic E-state index is 0.687. The van der Waals surface area contributed by atoms with Crippen molar-refractivity contribution in [1.82, 2.24) is 0 Å². The Bertz CT molecular complexity index is 429. The van der Waals surface area contributed by atoms with Crippen LogP contribution in [-0.4, -0.2) is 57.1 Å². The van der Waals surface area contributed by atoms with E-state index < -0.39 is 0 Å². The summed E-state index contributed by atoms with van der Waals surface area (Å²) in [7, 11) is 0. The number of likely N-dealkylation sites (tertiary alicyclic amines) is 2. The number of rotatable bonds is 7. The largest absolute Gasteiger partial charge is 0.310 e. The van der Waals surface area contributed by atoms with Gasteiger partial charge in [0.25, 0.3) is 0 Å². The van der Waals surface area contributed by atoms with Gasteiger partial charge in [-0.1, -0.05) is 12.8 Å². The van der Waals surface area contributed by atoms with Gasteiger partial charge in [-0.15, -0.1) is 0 Å². The Kier molecular flexibility index (Phi) is 7.89. The highest BCUT2D eigenvalue weighted by atomic mass is 79.9. The van der Waals surface area contributed by atoms with Crippen molar-refractivity contribution in [1.29, 1.82) is 0 Å². The van der Waals surface area contributed by atoms with Gasteiger partial charge in [0.2, 0.25) is 0 Å². The summed E-state index contributed by atoms with van der Waals surface area (Å²) in [6.07, 6.45) is 23.4. The summed E-state index contributed by atoms with van der Waals surface area (Å²) in [5.74, 6) is 0. The van der Waals surface area contributed by atoms with Crippen LogP contribution in [0.4, 0.5) is 0 Å². The first-order chi connectivity index (χ1) is 13.7. The number of halogens is 2. The third-order valence-corrected chi connectivity index (χ3v) is 11.7. The minimum atomic E-state index is 0.687. The van der Waals surface area contributed by atoms with Gasteiger partial charge < -0.3 is 8.97 Å². The van der Waals surface area contributed by atoms with Gasteiger partial charge in [-0.3, -0.25) is 0 Å². The maximum absolute atomic E-state index is 4.29. The fraction of sp³-hybridized carbons (Fsp3) is 1.00. The molecule has 4 aliphatic rings. The molecular weight excluding hydrogens is 476 g/mol. The smallest absolute Gasteiger partial charge is 0.144 e. The predicted molar refractivity (Wildman–Crippen MR) is 127 cm³/mol. The zero-order chi connectivity index (χ0) is 19.5. The molecule has 0 radical (unpaired) electrons. The molecule has 2 unspecified atom stereocenters. The van der Waals surface area contributed by atoms with Crippen LogP contribution >= 0.6 is 31.9 Å². The molecule has 2 aliphatic carbocycles. The van der Waals surface area contributed by atoms with E-state index in [2.05, 4.69) is 31.9 Å². The van der Waals surface area contributed by atoms with E-state index >= 15 is 0 Å². The summed E-state index contributed by atoms with van der Waals surface area (Å²) in [6.45, 7) is 5.76. The van der Waals surface area contributed by atoms with E-state index in [1.54, 1.807) is 0 Å². The third-order valence-electron chi connectivity index (χ3n) is 9.16. The Balaban J connectivity index is 1.40. The summed E-state index contributed by atoms with van der Waals surface area (Å²) >= 11 is 8.59. The average molecular weight is 520 g/mol. The molecule has 2 aliphatic heterocycles. The molecule has 0 aromatic carbocycles. The van der Waals surface area contributed by atoms with E-state index in [0.717, 1.165) is 12.1 Å². The maximum atomic E-state index is 4.29. The van der Waals surface area contributed by atoms with Crippen LogP contribution < -0.4 is 0 Å². The normalized spacial score (nSPS) is 31.1. The molecule has 0 bridgehead atoms. The molecule has 0 spiro atoms. The number of nitrogens with zero attached hydrogens (tertiary/aromatic N) is 2. The fourth-order valence-electron chi connectivity index (χ4n) is 7.58. The Labute approximate surface area is 191 Å². The number of alkyl halides is 2. The van der Waals surface area contributed by atoms with Gasteiger partial charge in [0.15, 0.2) is 0 Å². The monoisotopic (exact) mass is 518 g/mol. The van der Waals surface area contributed by atoms with Crippen LogP contribution in [0.15, 0.2) is 0 Å². The van der Waals surface area contributed by atoms with Crippen molar-refractivity contribution in [3.05, 3.63) is 0 Å². The molecule has 0 amide bonds. The van der Waals surface area contributed by atoms with Crippen LogP contribution in [0.1, 0.15) is 103 Å². The first-order valence-electron chi connectivity index (χ1n) is 12.7. The lowest BCUT2D eigenvalue weighted by molar-refractivity contribution is -0.955. The van der Waals surface area contributed by atoms with Crippen LogP contribution in [0.5, 0.6) is 0 Å². The molecule has 4 fully saturated rings. The summed E-state index contributed by atoms with van der Waals surface area (Å²) in [4.78, 5) is 1.37. The molecule has 2 heterocycles. The quantitative estimate of drug-likeness (QED) is 0.191. The van der Waals surface area contributed by atoms with E-state index in [9.17, 15) is 0 Å². The Morgan fingerprint density at radius 1 is 0.500 bits per heavy atom. The van der Waals surface area contributed by atoms with E-state index in [4.69, 9.17) is 0 Å². The lowest BCUT2D eigenvalue weighted by Gasteiger charge is -2.49. The van der Waals surface area contributed by atoms with Crippen molar-refractivity contribution in [2.75, 3.05) is 26.2 Å². The standard InChI is InChI=1S/C24H44Br2N2/c25-23(27(17-7-8-18-27)21-11-3-1-4-12-21)15-16-24(26)28(19-9-10-20-28)22-13-5-2-6-14-22/h21-24H,1-20H2/q+2. The molecule has 2 saturated heterocycles. The average Bonchev–Trinajstić information content (AvgIpc) is 3.44. The van der Waals surface area contributed by atoms with Gasteiger partial charge in [0.05, 0.1) is 38.3 Å². The van der Waals surface area contributed by atoms with Crippen molar-refractivity contribution in [2.24, 2.45) is 0 Å². The molecule has 2 nitrogen and oxygen atoms in total. The molecule has 4 heteroatoms. The third kappa shape index (κ3) is 4.41. The second-order valence-corrected chi connectivity index (χ2v) is 12.7. The summed E-state index contributed by atoms with van der Waals surface area (Å²) < 4.78 is 2.84. The molecule has 2 atom stereocenters. The zero-order valence-electron chi connectivity index (χ0n) is 18.1. The van der Waals surface area contributed by atoms with Gasteiger partial charge in [-0.2, -0.15) is 0 Å². The van der Waals surface area contributed by atoms with Crippen LogP contribution in [-0.2, 0) is 0 Å². The van der Waals surface area contributed by atoms with E-state index in [1.807, 2.05) is 0 Å². The Morgan fingerprint density at radius 2 is 0.821 bits per heavy atom. The van der Waals surface area contributed by atoms with Crippen LogP contribution in [0, 0.1) is 0 Å². The van der Waals surface area contributed by atoms with Crippen molar-refractivity contribution in [2.45, 2.75) is 125 Å². The summed E-state index contributed by atoms with van der Waals surface area (Å²) in [6, 6.07) is 1.89. The fourth-order valence-corrected chi connectivity index (χ4v) is 9.59. The molecular formula is C24H44Br2N2+2. The van der Waals surface area contributed by atoms with Gasteiger partial charge >= 0.3 is 0 Å². The molecule has 28 heavy (non-hydrogen) atoms. The molecule has 162 valence electrons. The highest BCUT2D eigenvalue weighted by molar-refractivity contribution is 9.09. The first kappa shape index (κ1) is 22.1. The van der Waals surface area contributed by atoms with Crippen molar-refractivity contribution >= 4 is 31.9 Å². The molecule has 0 aromatic rings. The van der Waals surface area contributed by atoms with Crippen LogP contribution in [0.25, 0.3) is 0 Å². The molecule has 0 N–H and O–H groups in total. The summed E-state index contributed by atoms with van der Waals surface area (Å²) in [5, 5.41) is 0. The van der Waals surface area contributed by atoms with E-state index in [-0.39, 0.29) is 0 Å². The Hall–Kier alpha value is 0.880. The number of hydrogen-bond donors (Lipinski definition) is 0. The number of hydrogen-bond acceptors (Lipinski definition) is 0. The van der Waals surface area contributed by atoms with Gasteiger partial charge in [0.1, 0.15) is 9.90 Å². The molecule has 2 saturated carbocycles. The lowest BCUT2D eigenvalue weighted by atomic mass is 9.91. The molecule has 0 aromatic heterocycles. The highest BCUT2D eigenvalue weighted by Gasteiger charge is 2.48. The number of quaternary nitrogens is 2. The van der Waals surface area contributed by atoms with Crippen LogP contribution in [0.3, 0.4) is 0 Å². The first-order valence-corrected chi connectivity index (χ1v) is 14.5. The topological polar surface area (TPSA) is 0 Å². The maximum Gasteiger partial charge on any atom is 0.144 e. The second kappa shape index (κ2) is 10.0.